The van der Waals surface area contributed by atoms with Crippen LogP contribution < -0.4 is 14.8 Å². The summed E-state index contributed by atoms with van der Waals surface area (Å²) in [6, 6.07) is 13.3. The maximum Gasteiger partial charge on any atom is 0.242 e. The average molecular weight is 441 g/mol. The maximum atomic E-state index is 13.2. The number of hydrogen-bond acceptors (Lipinski definition) is 4. The van der Waals surface area contributed by atoms with Crippen LogP contribution in [0.5, 0.6) is 11.5 Å². The Bertz CT molecular complexity index is 880. The van der Waals surface area contributed by atoms with Crippen molar-refractivity contribution < 1.29 is 19.1 Å². The van der Waals surface area contributed by atoms with Gasteiger partial charge >= 0.3 is 0 Å². The van der Waals surface area contributed by atoms with Gasteiger partial charge in [-0.2, -0.15) is 0 Å². The van der Waals surface area contributed by atoms with Gasteiger partial charge in [0.1, 0.15) is 6.04 Å². The van der Waals surface area contributed by atoms with Gasteiger partial charge in [-0.05, 0) is 64.3 Å². The maximum absolute atomic E-state index is 13.2. The molecule has 0 aliphatic rings. The molecule has 2 aromatic rings. The van der Waals surface area contributed by atoms with Gasteiger partial charge in [0.05, 0.1) is 13.2 Å². The van der Waals surface area contributed by atoms with Crippen LogP contribution in [0.25, 0.3) is 0 Å². The lowest BCUT2D eigenvalue weighted by atomic mass is 10.1. The normalized spacial score (nSPS) is 11.5. The molecule has 6 nitrogen and oxygen atoms in total. The Balaban J connectivity index is 2.15. The summed E-state index contributed by atoms with van der Waals surface area (Å²) in [7, 11) is 0. The highest BCUT2D eigenvalue weighted by Gasteiger charge is 2.25. The van der Waals surface area contributed by atoms with Crippen molar-refractivity contribution in [1.82, 2.24) is 10.2 Å². The highest BCUT2D eigenvalue weighted by molar-refractivity contribution is 5.87. The van der Waals surface area contributed by atoms with E-state index in [2.05, 4.69) is 5.32 Å². The SMILES string of the molecule is CCNC(=O)[C@H](C)N(Cc1ccc(C)cc1)C(=O)CCc1ccc(OCC)c(OCC)c1. The zero-order valence-corrected chi connectivity index (χ0v) is 19.9. The summed E-state index contributed by atoms with van der Waals surface area (Å²) in [6.07, 6.45) is 0.854. The van der Waals surface area contributed by atoms with Gasteiger partial charge in [0.25, 0.3) is 0 Å². The van der Waals surface area contributed by atoms with Crippen molar-refractivity contribution >= 4 is 11.8 Å². The van der Waals surface area contributed by atoms with Crippen LogP contribution in [-0.2, 0) is 22.6 Å². The first-order valence-electron chi connectivity index (χ1n) is 11.4. The molecular formula is C26H36N2O4. The number of carbonyl (C=O) groups excluding carboxylic acids is 2. The Kier molecular flexibility index (Phi) is 10.1. The van der Waals surface area contributed by atoms with Gasteiger partial charge in [0, 0.05) is 19.5 Å². The topological polar surface area (TPSA) is 67.9 Å². The molecule has 0 spiro atoms. The van der Waals surface area contributed by atoms with Gasteiger partial charge in [-0.1, -0.05) is 35.9 Å². The zero-order valence-electron chi connectivity index (χ0n) is 19.9. The second-order valence-corrected chi connectivity index (χ2v) is 7.72. The minimum atomic E-state index is -0.553. The number of rotatable bonds is 12. The molecule has 1 atom stereocenters. The molecular weight excluding hydrogens is 404 g/mol. The standard InChI is InChI=1S/C26H36N2O4/c1-6-27-26(30)20(5)28(18-22-11-9-19(4)10-12-22)25(29)16-14-21-13-15-23(31-7-2)24(17-21)32-8-3/h9-13,15,17,20H,6-8,14,16,18H2,1-5H3,(H,27,30)/t20-/m0/s1. The molecule has 6 heteroatoms. The molecule has 2 rings (SSSR count). The van der Waals surface area contributed by atoms with E-state index in [4.69, 9.17) is 9.47 Å². The van der Waals surface area contributed by atoms with E-state index in [-0.39, 0.29) is 11.8 Å². The molecule has 0 bridgehead atoms. The third-order valence-corrected chi connectivity index (χ3v) is 5.23. The van der Waals surface area contributed by atoms with Crippen LogP contribution >= 0.6 is 0 Å². The van der Waals surface area contributed by atoms with Gasteiger partial charge in [-0.15, -0.1) is 0 Å². The van der Waals surface area contributed by atoms with Gasteiger partial charge < -0.3 is 19.7 Å². The van der Waals surface area contributed by atoms with Gasteiger partial charge in [0.2, 0.25) is 11.8 Å². The lowest BCUT2D eigenvalue weighted by Crippen LogP contribution is -2.47. The zero-order chi connectivity index (χ0) is 23.5. The Morgan fingerprint density at radius 1 is 0.938 bits per heavy atom. The molecule has 2 amide bonds. The van der Waals surface area contributed by atoms with Crippen LogP contribution in [0.1, 0.15) is 50.8 Å². The molecule has 0 unspecified atom stereocenters. The van der Waals surface area contributed by atoms with Crippen LogP contribution in [0.4, 0.5) is 0 Å². The summed E-state index contributed by atoms with van der Waals surface area (Å²) >= 11 is 0. The predicted octanol–water partition coefficient (Wildman–Crippen LogP) is 4.28. The molecule has 0 saturated heterocycles. The number of aryl methyl sites for hydroxylation is 2. The van der Waals surface area contributed by atoms with Crippen LogP contribution in [0, 0.1) is 6.92 Å². The first kappa shape index (κ1) is 25.2. The third kappa shape index (κ3) is 7.29. The first-order chi connectivity index (χ1) is 15.4. The van der Waals surface area contributed by atoms with Crippen molar-refractivity contribution in [2.45, 2.75) is 60.0 Å². The van der Waals surface area contributed by atoms with Crippen molar-refractivity contribution in [3.05, 3.63) is 59.2 Å². The number of likely N-dealkylation sites (N-methyl/N-ethyl adjacent to an activating group) is 1. The molecule has 0 fully saturated rings. The number of amides is 2. The molecule has 0 aromatic heterocycles. The van der Waals surface area contributed by atoms with E-state index in [0.29, 0.717) is 50.6 Å². The van der Waals surface area contributed by atoms with Crippen molar-refractivity contribution in [2.75, 3.05) is 19.8 Å². The predicted molar refractivity (Wildman–Crippen MR) is 127 cm³/mol. The molecule has 0 aliphatic carbocycles. The second kappa shape index (κ2) is 12.7. The van der Waals surface area contributed by atoms with Gasteiger partial charge in [0.15, 0.2) is 11.5 Å². The molecule has 0 radical (unpaired) electrons. The molecule has 0 heterocycles. The van der Waals surface area contributed by atoms with Crippen LogP contribution in [0.15, 0.2) is 42.5 Å². The number of nitrogens with one attached hydrogen (secondary N) is 1. The van der Waals surface area contributed by atoms with Crippen molar-refractivity contribution in [3.8, 4) is 11.5 Å². The summed E-state index contributed by atoms with van der Waals surface area (Å²) in [5, 5.41) is 2.83. The van der Waals surface area contributed by atoms with Crippen LogP contribution in [0.2, 0.25) is 0 Å². The average Bonchev–Trinajstić information content (AvgIpc) is 2.78. The molecule has 0 aliphatic heterocycles. The van der Waals surface area contributed by atoms with E-state index in [1.54, 1.807) is 11.8 Å². The Morgan fingerprint density at radius 3 is 2.19 bits per heavy atom. The number of benzene rings is 2. The molecule has 0 saturated carbocycles. The van der Waals surface area contributed by atoms with Crippen molar-refractivity contribution in [2.24, 2.45) is 0 Å². The number of nitrogens with zero attached hydrogens (tertiary/aromatic N) is 1. The van der Waals surface area contributed by atoms with Crippen LogP contribution in [0.3, 0.4) is 0 Å². The van der Waals surface area contributed by atoms with Crippen molar-refractivity contribution in [1.29, 1.82) is 0 Å². The second-order valence-electron chi connectivity index (χ2n) is 7.72. The highest BCUT2D eigenvalue weighted by atomic mass is 16.5. The largest absolute Gasteiger partial charge is 0.490 e. The number of ether oxygens (including phenoxy) is 2. The van der Waals surface area contributed by atoms with E-state index in [0.717, 1.165) is 16.7 Å². The fraction of sp³-hybridized carbons (Fsp3) is 0.462. The van der Waals surface area contributed by atoms with Gasteiger partial charge in [-0.3, -0.25) is 9.59 Å². The fourth-order valence-corrected chi connectivity index (χ4v) is 3.44. The van der Waals surface area contributed by atoms with Gasteiger partial charge in [-0.25, -0.2) is 0 Å². The summed E-state index contributed by atoms with van der Waals surface area (Å²) in [4.78, 5) is 27.4. The summed E-state index contributed by atoms with van der Waals surface area (Å²) < 4.78 is 11.3. The third-order valence-electron chi connectivity index (χ3n) is 5.23. The summed E-state index contributed by atoms with van der Waals surface area (Å²) in [5.41, 5.74) is 3.15. The molecule has 32 heavy (non-hydrogen) atoms. The minimum Gasteiger partial charge on any atom is -0.490 e. The Labute approximate surface area is 191 Å². The molecule has 174 valence electrons. The minimum absolute atomic E-state index is 0.0591. The lowest BCUT2D eigenvalue weighted by Gasteiger charge is -2.29. The van der Waals surface area contributed by atoms with E-state index in [1.165, 1.54) is 0 Å². The van der Waals surface area contributed by atoms with Crippen molar-refractivity contribution in [3.63, 3.8) is 0 Å². The quantitative estimate of drug-likeness (QED) is 0.535. The highest BCUT2D eigenvalue weighted by Crippen LogP contribution is 2.29. The molecule has 1 N–H and O–H groups in total. The Morgan fingerprint density at radius 2 is 1.56 bits per heavy atom. The van der Waals surface area contributed by atoms with E-state index in [1.807, 2.05) is 70.2 Å². The lowest BCUT2D eigenvalue weighted by molar-refractivity contribution is -0.140. The molecule has 2 aromatic carbocycles. The van der Waals surface area contributed by atoms with E-state index < -0.39 is 6.04 Å². The smallest absolute Gasteiger partial charge is 0.242 e. The number of hydrogen-bond donors (Lipinski definition) is 1. The van der Waals surface area contributed by atoms with Crippen LogP contribution in [-0.4, -0.2) is 42.5 Å². The van der Waals surface area contributed by atoms with E-state index in [9.17, 15) is 9.59 Å². The Hall–Kier alpha value is -3.02. The summed E-state index contributed by atoms with van der Waals surface area (Å²) in [5.74, 6) is 1.19. The fourth-order valence-electron chi connectivity index (χ4n) is 3.44. The monoisotopic (exact) mass is 440 g/mol. The van der Waals surface area contributed by atoms with E-state index >= 15 is 0 Å². The summed E-state index contributed by atoms with van der Waals surface area (Å²) in [6.45, 7) is 11.6. The first-order valence-corrected chi connectivity index (χ1v) is 11.4. The number of carbonyl (C=O) groups is 2.